The molecule has 106 valence electrons. The van der Waals surface area contributed by atoms with Gasteiger partial charge in [0.1, 0.15) is 0 Å². The third-order valence-corrected chi connectivity index (χ3v) is 3.54. The molecule has 0 bridgehead atoms. The zero-order valence-electron chi connectivity index (χ0n) is 10.9. The van der Waals surface area contributed by atoms with Crippen LogP contribution in [0, 0.1) is 22.0 Å². The van der Waals surface area contributed by atoms with Crippen LogP contribution < -0.4 is 0 Å². The summed E-state index contributed by atoms with van der Waals surface area (Å²) in [7, 11) is 0. The van der Waals surface area contributed by atoms with Gasteiger partial charge in [0, 0.05) is 30.8 Å². The van der Waals surface area contributed by atoms with E-state index in [1.165, 1.54) is 29.2 Å². The van der Waals surface area contributed by atoms with Crippen molar-refractivity contribution >= 4 is 17.6 Å². The smallest absolute Gasteiger partial charge is 0.308 e. The number of likely N-dealkylation sites (tertiary alicyclic amines) is 1. The van der Waals surface area contributed by atoms with Crippen LogP contribution in [-0.4, -0.2) is 39.9 Å². The second kappa shape index (κ2) is 5.28. The standard InChI is InChI=1S/C13H14N2O5/c1-8-6-14(7-11(8)13(17)18)12(16)9-2-4-10(5-3-9)15(19)20/h2-5,8,11H,6-7H2,1H3,(H,17,18)/t8-,11-/m1/s1. The van der Waals surface area contributed by atoms with Gasteiger partial charge < -0.3 is 10.0 Å². The molecule has 1 fully saturated rings. The highest BCUT2D eigenvalue weighted by Crippen LogP contribution is 2.25. The summed E-state index contributed by atoms with van der Waals surface area (Å²) < 4.78 is 0. The molecule has 1 N–H and O–H groups in total. The number of aliphatic carboxylic acids is 1. The van der Waals surface area contributed by atoms with Gasteiger partial charge in [0.05, 0.1) is 10.8 Å². The van der Waals surface area contributed by atoms with Crippen molar-refractivity contribution in [1.29, 1.82) is 0 Å². The number of hydrogen-bond donors (Lipinski definition) is 1. The van der Waals surface area contributed by atoms with Gasteiger partial charge in [-0.15, -0.1) is 0 Å². The number of carbonyl (C=O) groups excluding carboxylic acids is 1. The van der Waals surface area contributed by atoms with Crippen molar-refractivity contribution in [2.75, 3.05) is 13.1 Å². The lowest BCUT2D eigenvalue weighted by molar-refractivity contribution is -0.384. The number of nitrogens with zero attached hydrogens (tertiary/aromatic N) is 2. The van der Waals surface area contributed by atoms with Crippen LogP contribution >= 0.6 is 0 Å². The molecule has 1 saturated heterocycles. The molecular formula is C13H14N2O5. The van der Waals surface area contributed by atoms with Crippen LogP contribution in [0.4, 0.5) is 5.69 Å². The molecule has 0 radical (unpaired) electrons. The van der Waals surface area contributed by atoms with E-state index in [4.69, 9.17) is 5.11 Å². The monoisotopic (exact) mass is 278 g/mol. The summed E-state index contributed by atoms with van der Waals surface area (Å²) in [6.07, 6.45) is 0. The first-order valence-corrected chi connectivity index (χ1v) is 6.16. The van der Waals surface area contributed by atoms with Crippen LogP contribution in [0.15, 0.2) is 24.3 Å². The van der Waals surface area contributed by atoms with Gasteiger partial charge >= 0.3 is 5.97 Å². The van der Waals surface area contributed by atoms with Crippen molar-refractivity contribution in [2.45, 2.75) is 6.92 Å². The van der Waals surface area contributed by atoms with E-state index in [-0.39, 0.29) is 24.1 Å². The lowest BCUT2D eigenvalue weighted by atomic mass is 9.99. The van der Waals surface area contributed by atoms with Crippen molar-refractivity contribution < 1.29 is 19.6 Å². The predicted octanol–water partition coefficient (Wildman–Crippen LogP) is 1.39. The van der Waals surface area contributed by atoms with Crippen LogP contribution in [0.3, 0.4) is 0 Å². The molecule has 0 unspecified atom stereocenters. The van der Waals surface area contributed by atoms with E-state index in [1.807, 2.05) is 0 Å². The number of carboxylic acid groups (broad SMARTS) is 1. The third-order valence-electron chi connectivity index (χ3n) is 3.54. The van der Waals surface area contributed by atoms with E-state index in [0.717, 1.165) is 0 Å². The Morgan fingerprint density at radius 3 is 2.35 bits per heavy atom. The summed E-state index contributed by atoms with van der Waals surface area (Å²) >= 11 is 0. The molecule has 0 aliphatic carbocycles. The Bertz CT molecular complexity index is 554. The SMILES string of the molecule is C[C@@H]1CN(C(=O)c2ccc([N+](=O)[O-])cc2)C[C@H]1C(=O)O. The molecule has 1 aromatic rings. The fourth-order valence-corrected chi connectivity index (χ4v) is 2.36. The lowest BCUT2D eigenvalue weighted by Crippen LogP contribution is -2.29. The van der Waals surface area contributed by atoms with E-state index < -0.39 is 16.8 Å². The Kier molecular flexibility index (Phi) is 3.69. The van der Waals surface area contributed by atoms with Crippen molar-refractivity contribution in [1.82, 2.24) is 4.90 Å². The van der Waals surface area contributed by atoms with E-state index in [2.05, 4.69) is 0 Å². The van der Waals surface area contributed by atoms with Gasteiger partial charge in [-0.2, -0.15) is 0 Å². The Balaban J connectivity index is 2.12. The highest BCUT2D eigenvalue weighted by molar-refractivity contribution is 5.95. The molecule has 1 aliphatic heterocycles. The minimum absolute atomic E-state index is 0.0836. The summed E-state index contributed by atoms with van der Waals surface area (Å²) in [6.45, 7) is 2.35. The maximum Gasteiger partial charge on any atom is 0.308 e. The third kappa shape index (κ3) is 2.61. The summed E-state index contributed by atoms with van der Waals surface area (Å²) in [4.78, 5) is 34.7. The van der Waals surface area contributed by atoms with Gasteiger partial charge in [0.25, 0.3) is 11.6 Å². The van der Waals surface area contributed by atoms with Crippen LogP contribution in [0.5, 0.6) is 0 Å². The molecule has 1 aromatic carbocycles. The van der Waals surface area contributed by atoms with Gasteiger partial charge in [-0.1, -0.05) is 6.92 Å². The zero-order valence-corrected chi connectivity index (χ0v) is 10.9. The van der Waals surface area contributed by atoms with Crippen LogP contribution in [0.1, 0.15) is 17.3 Å². The fourth-order valence-electron chi connectivity index (χ4n) is 2.36. The maximum absolute atomic E-state index is 12.2. The largest absolute Gasteiger partial charge is 0.481 e. The van der Waals surface area contributed by atoms with Gasteiger partial charge in [0.2, 0.25) is 0 Å². The molecule has 20 heavy (non-hydrogen) atoms. The predicted molar refractivity (Wildman–Crippen MR) is 69.3 cm³/mol. The minimum atomic E-state index is -0.906. The molecular weight excluding hydrogens is 264 g/mol. The van der Waals surface area contributed by atoms with Gasteiger partial charge in [-0.25, -0.2) is 0 Å². The number of amides is 1. The van der Waals surface area contributed by atoms with E-state index in [1.54, 1.807) is 6.92 Å². The second-order valence-electron chi connectivity index (χ2n) is 4.94. The Morgan fingerprint density at radius 2 is 1.90 bits per heavy atom. The number of carbonyl (C=O) groups is 2. The van der Waals surface area contributed by atoms with Crippen LogP contribution in [-0.2, 0) is 4.79 Å². The highest BCUT2D eigenvalue weighted by atomic mass is 16.6. The van der Waals surface area contributed by atoms with Crippen molar-refractivity contribution in [3.63, 3.8) is 0 Å². The van der Waals surface area contributed by atoms with E-state index in [0.29, 0.717) is 12.1 Å². The molecule has 1 aliphatic rings. The topological polar surface area (TPSA) is 101 Å². The number of nitro groups is 1. The molecule has 7 heteroatoms. The Labute approximate surface area is 115 Å². The first kappa shape index (κ1) is 14.0. The maximum atomic E-state index is 12.2. The number of carboxylic acids is 1. The minimum Gasteiger partial charge on any atom is -0.481 e. The first-order valence-electron chi connectivity index (χ1n) is 6.16. The summed E-state index contributed by atoms with van der Waals surface area (Å²) in [6, 6.07) is 5.31. The average molecular weight is 278 g/mol. The van der Waals surface area contributed by atoms with E-state index >= 15 is 0 Å². The average Bonchev–Trinajstić information content (AvgIpc) is 2.80. The summed E-state index contributed by atoms with van der Waals surface area (Å²) in [5.74, 6) is -1.86. The number of non-ortho nitro benzene ring substituents is 1. The summed E-state index contributed by atoms with van der Waals surface area (Å²) in [5, 5.41) is 19.6. The number of rotatable bonds is 3. The number of hydrogen-bond acceptors (Lipinski definition) is 4. The molecule has 7 nitrogen and oxygen atoms in total. The van der Waals surface area contributed by atoms with Crippen molar-refractivity contribution in [2.24, 2.45) is 11.8 Å². The second-order valence-corrected chi connectivity index (χ2v) is 4.94. The van der Waals surface area contributed by atoms with Crippen LogP contribution in [0.2, 0.25) is 0 Å². The number of benzene rings is 1. The number of nitro benzene ring substituents is 1. The Hall–Kier alpha value is -2.44. The molecule has 1 heterocycles. The lowest BCUT2D eigenvalue weighted by Gasteiger charge is -2.15. The van der Waals surface area contributed by atoms with Crippen molar-refractivity contribution in [3.05, 3.63) is 39.9 Å². The Morgan fingerprint density at radius 1 is 1.30 bits per heavy atom. The van der Waals surface area contributed by atoms with Gasteiger partial charge in [-0.05, 0) is 18.1 Å². The normalized spacial score (nSPS) is 21.8. The molecule has 0 aromatic heterocycles. The molecule has 0 spiro atoms. The van der Waals surface area contributed by atoms with E-state index in [9.17, 15) is 19.7 Å². The summed E-state index contributed by atoms with van der Waals surface area (Å²) in [5.41, 5.74) is 0.244. The fraction of sp³-hybridized carbons (Fsp3) is 0.385. The van der Waals surface area contributed by atoms with Crippen molar-refractivity contribution in [3.8, 4) is 0 Å². The quantitative estimate of drug-likeness (QED) is 0.665. The first-order chi connectivity index (χ1) is 9.40. The van der Waals surface area contributed by atoms with Crippen LogP contribution in [0.25, 0.3) is 0 Å². The molecule has 1 amide bonds. The van der Waals surface area contributed by atoms with Gasteiger partial charge in [-0.3, -0.25) is 19.7 Å². The molecule has 2 rings (SSSR count). The molecule has 2 atom stereocenters. The zero-order chi connectivity index (χ0) is 14.9. The van der Waals surface area contributed by atoms with Gasteiger partial charge in [0.15, 0.2) is 0 Å². The highest BCUT2D eigenvalue weighted by Gasteiger charge is 2.37. The molecule has 0 saturated carbocycles.